The highest BCUT2D eigenvalue weighted by atomic mass is 32.2. The highest BCUT2D eigenvalue weighted by Crippen LogP contribution is 2.17. The summed E-state index contributed by atoms with van der Waals surface area (Å²) in [6, 6.07) is 9.47. The van der Waals surface area contributed by atoms with Gasteiger partial charge in [-0.15, -0.1) is 11.8 Å². The molecule has 0 atom stereocenters. The fraction of sp³-hybridized carbons (Fsp3) is 0.250. The molecule has 0 radical (unpaired) electrons. The lowest BCUT2D eigenvalue weighted by molar-refractivity contribution is -0.118. The van der Waals surface area contributed by atoms with E-state index in [1.54, 1.807) is 18.0 Å². The van der Waals surface area contributed by atoms with Crippen molar-refractivity contribution in [3.8, 4) is 5.75 Å². The van der Waals surface area contributed by atoms with Crippen molar-refractivity contribution >= 4 is 23.4 Å². The van der Waals surface area contributed by atoms with Gasteiger partial charge >= 0.3 is 0 Å². The average molecular weight is 302 g/mol. The van der Waals surface area contributed by atoms with E-state index in [1.165, 1.54) is 5.56 Å². The quantitative estimate of drug-likeness (QED) is 0.860. The number of aromatic nitrogens is 1. The number of thioether (sulfide) groups is 1. The minimum absolute atomic E-state index is 0.0211. The van der Waals surface area contributed by atoms with E-state index in [0.717, 1.165) is 10.6 Å². The van der Waals surface area contributed by atoms with Crippen LogP contribution < -0.4 is 10.1 Å². The molecule has 0 spiro atoms. The average Bonchev–Trinajstić information content (AvgIpc) is 2.49. The molecule has 2 rings (SSSR count). The van der Waals surface area contributed by atoms with Crippen molar-refractivity contribution in [3.63, 3.8) is 0 Å². The van der Waals surface area contributed by atoms with Crippen LogP contribution in [0.1, 0.15) is 11.1 Å². The second kappa shape index (κ2) is 7.13. The lowest BCUT2D eigenvalue weighted by atomic mass is 10.1. The number of pyridine rings is 1. The summed E-state index contributed by atoms with van der Waals surface area (Å²) >= 11 is 1.56. The van der Waals surface area contributed by atoms with E-state index < -0.39 is 0 Å². The Hall–Kier alpha value is -2.01. The number of ether oxygens (including phenoxy) is 1. The first-order valence-electron chi connectivity index (χ1n) is 6.58. The van der Waals surface area contributed by atoms with Gasteiger partial charge in [0, 0.05) is 0 Å². The van der Waals surface area contributed by atoms with Crippen LogP contribution in [0.3, 0.4) is 0 Å². The van der Waals surface area contributed by atoms with Crippen molar-refractivity contribution in [2.24, 2.45) is 0 Å². The van der Waals surface area contributed by atoms with E-state index in [0.29, 0.717) is 11.4 Å². The standard InChI is InChI=1S/C16H18N2O2S/c1-11-4-6-14(8-12(11)2)20-10-15(19)18-13-5-7-16(21-3)17-9-13/h4-9H,10H2,1-3H3,(H,18,19). The Kier molecular flexibility index (Phi) is 5.22. The minimum Gasteiger partial charge on any atom is -0.484 e. The van der Waals surface area contributed by atoms with E-state index in [-0.39, 0.29) is 12.5 Å². The maximum atomic E-state index is 11.8. The molecule has 4 nitrogen and oxygen atoms in total. The zero-order chi connectivity index (χ0) is 15.2. The summed E-state index contributed by atoms with van der Waals surface area (Å²) in [7, 11) is 0. The number of amides is 1. The van der Waals surface area contributed by atoms with Crippen LogP contribution >= 0.6 is 11.8 Å². The van der Waals surface area contributed by atoms with E-state index in [9.17, 15) is 4.79 Å². The molecule has 0 bridgehead atoms. The number of carbonyl (C=O) groups excluding carboxylic acids is 1. The summed E-state index contributed by atoms with van der Waals surface area (Å²) in [5, 5.41) is 3.67. The van der Waals surface area contributed by atoms with Gasteiger partial charge in [0.25, 0.3) is 5.91 Å². The summed E-state index contributed by atoms with van der Waals surface area (Å²) in [5.74, 6) is 0.496. The first-order valence-corrected chi connectivity index (χ1v) is 7.81. The Bertz CT molecular complexity index is 627. The van der Waals surface area contributed by atoms with Gasteiger partial charge in [0.2, 0.25) is 0 Å². The zero-order valence-corrected chi connectivity index (χ0v) is 13.2. The summed E-state index contributed by atoms with van der Waals surface area (Å²) in [6.45, 7) is 4.03. The Morgan fingerprint density at radius 3 is 2.67 bits per heavy atom. The largest absolute Gasteiger partial charge is 0.484 e. The predicted octanol–water partition coefficient (Wildman–Crippen LogP) is 3.44. The van der Waals surface area contributed by atoms with Crippen LogP contribution in [-0.4, -0.2) is 23.8 Å². The van der Waals surface area contributed by atoms with Crippen molar-refractivity contribution in [2.75, 3.05) is 18.2 Å². The summed E-state index contributed by atoms with van der Waals surface area (Å²) in [6.07, 6.45) is 3.59. The van der Waals surface area contributed by atoms with Crippen LogP contribution in [0.2, 0.25) is 0 Å². The smallest absolute Gasteiger partial charge is 0.262 e. The van der Waals surface area contributed by atoms with Crippen molar-refractivity contribution in [1.29, 1.82) is 0 Å². The molecule has 110 valence electrons. The van der Waals surface area contributed by atoms with E-state index >= 15 is 0 Å². The van der Waals surface area contributed by atoms with Crippen LogP contribution in [0.4, 0.5) is 5.69 Å². The molecule has 0 saturated heterocycles. The lowest BCUT2D eigenvalue weighted by Crippen LogP contribution is -2.20. The fourth-order valence-corrected chi connectivity index (χ4v) is 2.09. The maximum absolute atomic E-state index is 11.8. The van der Waals surface area contributed by atoms with Crippen LogP contribution in [-0.2, 0) is 4.79 Å². The summed E-state index contributed by atoms with van der Waals surface area (Å²) < 4.78 is 5.48. The van der Waals surface area contributed by atoms with Gasteiger partial charge in [-0.3, -0.25) is 4.79 Å². The molecule has 21 heavy (non-hydrogen) atoms. The van der Waals surface area contributed by atoms with Crippen molar-refractivity contribution in [2.45, 2.75) is 18.9 Å². The first kappa shape index (κ1) is 15.4. The highest BCUT2D eigenvalue weighted by Gasteiger charge is 2.05. The van der Waals surface area contributed by atoms with Gasteiger partial charge in [-0.05, 0) is 55.5 Å². The minimum atomic E-state index is -0.202. The third-order valence-corrected chi connectivity index (χ3v) is 3.74. The second-order valence-electron chi connectivity index (χ2n) is 4.67. The Morgan fingerprint density at radius 1 is 1.24 bits per heavy atom. The van der Waals surface area contributed by atoms with Gasteiger partial charge < -0.3 is 10.1 Å². The number of aryl methyl sites for hydroxylation is 2. The molecule has 5 heteroatoms. The zero-order valence-electron chi connectivity index (χ0n) is 12.3. The van der Waals surface area contributed by atoms with Gasteiger partial charge in [-0.2, -0.15) is 0 Å². The number of rotatable bonds is 5. The van der Waals surface area contributed by atoms with Crippen LogP contribution in [0.15, 0.2) is 41.6 Å². The third-order valence-electron chi connectivity index (χ3n) is 3.08. The molecular weight excluding hydrogens is 284 g/mol. The van der Waals surface area contributed by atoms with E-state index in [4.69, 9.17) is 4.74 Å². The molecule has 0 fully saturated rings. The topological polar surface area (TPSA) is 51.2 Å². The van der Waals surface area contributed by atoms with Crippen LogP contribution in [0, 0.1) is 13.8 Å². The lowest BCUT2D eigenvalue weighted by Gasteiger charge is -2.09. The molecule has 1 heterocycles. The molecule has 1 amide bonds. The predicted molar refractivity (Wildman–Crippen MR) is 86.1 cm³/mol. The number of hydrogen-bond donors (Lipinski definition) is 1. The molecule has 0 unspecified atom stereocenters. The number of carbonyl (C=O) groups is 1. The monoisotopic (exact) mass is 302 g/mol. The Morgan fingerprint density at radius 2 is 2.05 bits per heavy atom. The first-order chi connectivity index (χ1) is 10.1. The molecule has 1 N–H and O–H groups in total. The molecule has 0 saturated carbocycles. The Balaban J connectivity index is 1.87. The summed E-state index contributed by atoms with van der Waals surface area (Å²) in [4.78, 5) is 16.0. The fourth-order valence-electron chi connectivity index (χ4n) is 1.72. The van der Waals surface area contributed by atoms with Crippen molar-refractivity contribution < 1.29 is 9.53 Å². The van der Waals surface area contributed by atoms with Gasteiger partial charge in [0.05, 0.1) is 16.9 Å². The normalized spacial score (nSPS) is 10.2. The Labute approximate surface area is 128 Å². The van der Waals surface area contributed by atoms with Crippen molar-refractivity contribution in [3.05, 3.63) is 47.7 Å². The number of nitrogens with zero attached hydrogens (tertiary/aromatic N) is 1. The summed E-state index contributed by atoms with van der Waals surface area (Å²) in [5.41, 5.74) is 3.01. The SMILES string of the molecule is CSc1ccc(NC(=O)COc2ccc(C)c(C)c2)cn1. The molecule has 0 aliphatic heterocycles. The molecular formula is C16H18N2O2S. The van der Waals surface area contributed by atoms with Gasteiger partial charge in [0.1, 0.15) is 5.75 Å². The van der Waals surface area contributed by atoms with Gasteiger partial charge in [-0.25, -0.2) is 4.98 Å². The third kappa shape index (κ3) is 4.49. The van der Waals surface area contributed by atoms with Crippen LogP contribution in [0.5, 0.6) is 5.75 Å². The van der Waals surface area contributed by atoms with Gasteiger partial charge in [0.15, 0.2) is 6.61 Å². The number of hydrogen-bond acceptors (Lipinski definition) is 4. The molecule has 1 aromatic heterocycles. The molecule has 2 aromatic rings. The van der Waals surface area contributed by atoms with Crippen LogP contribution in [0.25, 0.3) is 0 Å². The van der Waals surface area contributed by atoms with Gasteiger partial charge in [-0.1, -0.05) is 6.07 Å². The second-order valence-corrected chi connectivity index (χ2v) is 5.50. The highest BCUT2D eigenvalue weighted by molar-refractivity contribution is 7.98. The molecule has 0 aliphatic rings. The number of benzene rings is 1. The van der Waals surface area contributed by atoms with Crippen molar-refractivity contribution in [1.82, 2.24) is 4.98 Å². The maximum Gasteiger partial charge on any atom is 0.262 e. The number of nitrogens with one attached hydrogen (secondary N) is 1. The molecule has 0 aliphatic carbocycles. The van der Waals surface area contributed by atoms with E-state index in [1.807, 2.05) is 50.4 Å². The van der Waals surface area contributed by atoms with E-state index in [2.05, 4.69) is 10.3 Å². The molecule has 1 aromatic carbocycles. The number of anilines is 1.